The van der Waals surface area contributed by atoms with E-state index in [2.05, 4.69) is 24.9 Å². The van der Waals surface area contributed by atoms with Gasteiger partial charge in [0.15, 0.2) is 18.1 Å². The predicted molar refractivity (Wildman–Crippen MR) is 92.6 cm³/mol. The van der Waals surface area contributed by atoms with E-state index in [1.54, 1.807) is 0 Å². The minimum atomic E-state index is -4.66. The fourth-order valence-electron chi connectivity index (χ4n) is 2.88. The highest BCUT2D eigenvalue weighted by Gasteiger charge is 2.42. The summed E-state index contributed by atoms with van der Waals surface area (Å²) in [5.74, 6) is -2.40. The van der Waals surface area contributed by atoms with E-state index in [1.807, 2.05) is 6.92 Å². The molecule has 2 atom stereocenters. The van der Waals surface area contributed by atoms with Gasteiger partial charge in [-0.15, -0.1) is 10.2 Å². The largest absolute Gasteiger partial charge is 0.466 e. The molecule has 0 bridgehead atoms. The Balaban J connectivity index is 1.59. The van der Waals surface area contributed by atoms with Crippen LogP contribution in [0, 0.1) is 17.7 Å². The third-order valence-electron chi connectivity index (χ3n) is 4.78. The van der Waals surface area contributed by atoms with Crippen LogP contribution in [0.3, 0.4) is 0 Å². The Bertz CT molecular complexity index is 1100. The summed E-state index contributed by atoms with van der Waals surface area (Å²) in [6, 6.07) is 0.833. The summed E-state index contributed by atoms with van der Waals surface area (Å²) in [6.45, 7) is 0.0952. The van der Waals surface area contributed by atoms with Crippen molar-refractivity contribution < 1.29 is 35.8 Å². The van der Waals surface area contributed by atoms with Gasteiger partial charge in [0.25, 0.3) is 5.88 Å². The Morgan fingerprint density at radius 1 is 1.13 bits per heavy atom. The van der Waals surface area contributed by atoms with Gasteiger partial charge in [-0.1, -0.05) is 6.92 Å². The van der Waals surface area contributed by atoms with E-state index in [0.717, 1.165) is 35.5 Å². The van der Waals surface area contributed by atoms with Crippen molar-refractivity contribution in [3.05, 3.63) is 36.3 Å². The summed E-state index contributed by atoms with van der Waals surface area (Å²) >= 11 is 0. The van der Waals surface area contributed by atoms with Crippen molar-refractivity contribution in [1.29, 1.82) is 0 Å². The zero-order valence-corrected chi connectivity index (χ0v) is 15.9. The highest BCUT2D eigenvalue weighted by Crippen LogP contribution is 2.40. The molecule has 0 aromatic carbocycles. The van der Waals surface area contributed by atoms with Crippen molar-refractivity contribution in [2.75, 3.05) is 13.2 Å². The second-order valence-corrected chi connectivity index (χ2v) is 7.24. The van der Waals surface area contributed by atoms with Crippen LogP contribution < -0.4 is 4.74 Å². The maximum absolute atomic E-state index is 14.5. The Morgan fingerprint density at radius 3 is 2.52 bits per heavy atom. The SMILES string of the molecule is CC1CC1COC(F)(F)c1nnc2cnc(-c3cnc(OCC(F)(F)F)c(F)c3)cn12. The number of pyridine rings is 1. The molecule has 0 radical (unpaired) electrons. The molecule has 166 valence electrons. The van der Waals surface area contributed by atoms with Gasteiger partial charge in [0, 0.05) is 18.0 Å². The number of rotatable bonds is 7. The normalized spacial score (nSPS) is 19.1. The molecule has 0 N–H and O–H groups in total. The monoisotopic (exact) mass is 447 g/mol. The highest BCUT2D eigenvalue weighted by atomic mass is 19.4. The molecule has 1 saturated carbocycles. The van der Waals surface area contributed by atoms with E-state index in [9.17, 15) is 26.3 Å². The van der Waals surface area contributed by atoms with Crippen LogP contribution in [0.4, 0.5) is 26.3 Å². The smallest absolute Gasteiger partial charge is 0.422 e. The average molecular weight is 447 g/mol. The van der Waals surface area contributed by atoms with Crippen molar-refractivity contribution in [2.45, 2.75) is 25.6 Å². The lowest BCUT2D eigenvalue weighted by atomic mass is 10.2. The lowest BCUT2D eigenvalue weighted by Crippen LogP contribution is -2.23. The number of hydrogen-bond acceptors (Lipinski definition) is 6. The first-order valence-corrected chi connectivity index (χ1v) is 9.12. The van der Waals surface area contributed by atoms with Crippen LogP contribution in [0.1, 0.15) is 19.2 Å². The third-order valence-corrected chi connectivity index (χ3v) is 4.78. The molecule has 31 heavy (non-hydrogen) atoms. The topological polar surface area (TPSA) is 74.4 Å². The van der Waals surface area contributed by atoms with Crippen LogP contribution in [0.15, 0.2) is 24.7 Å². The van der Waals surface area contributed by atoms with Gasteiger partial charge in [-0.2, -0.15) is 22.0 Å². The molecule has 0 aliphatic heterocycles. The molecule has 3 aromatic rings. The van der Waals surface area contributed by atoms with Crippen molar-refractivity contribution in [2.24, 2.45) is 11.8 Å². The quantitative estimate of drug-likeness (QED) is 0.510. The molecule has 1 fully saturated rings. The summed E-state index contributed by atoms with van der Waals surface area (Å²) in [7, 11) is 0. The van der Waals surface area contributed by atoms with Crippen LogP contribution in [-0.2, 0) is 10.8 Å². The summed E-state index contributed by atoms with van der Waals surface area (Å²) in [4.78, 5) is 7.50. The van der Waals surface area contributed by atoms with E-state index in [0.29, 0.717) is 5.92 Å². The van der Waals surface area contributed by atoms with Gasteiger partial charge < -0.3 is 9.47 Å². The zero-order chi connectivity index (χ0) is 22.4. The predicted octanol–water partition coefficient (Wildman–Crippen LogP) is 3.99. The van der Waals surface area contributed by atoms with Crippen molar-refractivity contribution >= 4 is 5.65 Å². The van der Waals surface area contributed by atoms with Gasteiger partial charge in [-0.3, -0.25) is 9.38 Å². The molecule has 7 nitrogen and oxygen atoms in total. The van der Waals surface area contributed by atoms with Crippen LogP contribution in [0.2, 0.25) is 0 Å². The van der Waals surface area contributed by atoms with E-state index >= 15 is 0 Å². The molecular formula is C18H15F6N5O2. The number of halogens is 6. The summed E-state index contributed by atoms with van der Waals surface area (Å²) in [5.41, 5.74) is 0.0313. The molecule has 4 rings (SSSR count). The average Bonchev–Trinajstić information content (AvgIpc) is 3.23. The first kappa shape index (κ1) is 21.3. The molecule has 0 amide bonds. The van der Waals surface area contributed by atoms with Crippen molar-refractivity contribution in [3.63, 3.8) is 0 Å². The molecule has 1 aliphatic carbocycles. The molecule has 3 heterocycles. The van der Waals surface area contributed by atoms with Crippen molar-refractivity contribution in [1.82, 2.24) is 24.6 Å². The second kappa shape index (κ2) is 7.62. The number of hydrogen-bond donors (Lipinski definition) is 0. The minimum Gasteiger partial charge on any atom is -0.466 e. The summed E-state index contributed by atoms with van der Waals surface area (Å²) in [5, 5.41) is 7.11. The van der Waals surface area contributed by atoms with Crippen LogP contribution >= 0.6 is 0 Å². The molecule has 0 saturated heterocycles. The Kier molecular flexibility index (Phi) is 5.23. The lowest BCUT2D eigenvalue weighted by molar-refractivity contribution is -0.257. The summed E-state index contributed by atoms with van der Waals surface area (Å²) < 4.78 is 89.8. The molecule has 1 aliphatic rings. The van der Waals surface area contributed by atoms with Crippen LogP contribution in [-0.4, -0.2) is 44.0 Å². The molecule has 13 heteroatoms. The third kappa shape index (κ3) is 4.70. The van der Waals surface area contributed by atoms with Gasteiger partial charge in [0.1, 0.15) is 0 Å². The maximum atomic E-state index is 14.5. The van der Waals surface area contributed by atoms with Gasteiger partial charge in [0.05, 0.1) is 18.5 Å². The highest BCUT2D eigenvalue weighted by molar-refractivity contribution is 5.59. The maximum Gasteiger partial charge on any atom is 0.422 e. The van der Waals surface area contributed by atoms with Crippen molar-refractivity contribution in [3.8, 4) is 17.1 Å². The van der Waals surface area contributed by atoms with E-state index < -0.39 is 36.4 Å². The Morgan fingerprint density at radius 2 is 1.87 bits per heavy atom. The number of fused-ring (bicyclic) bond motifs is 1. The Labute approximate surface area is 171 Å². The first-order valence-electron chi connectivity index (χ1n) is 9.12. The van der Waals surface area contributed by atoms with E-state index in [1.165, 1.54) is 0 Å². The standard InChI is InChI=1S/C18H15F6N5O2/c1-9-2-11(9)7-31-18(23,24)16-28-27-14-5-25-13(6-29(14)16)10-3-12(19)15(26-4-10)30-8-17(20,21)22/h3-6,9,11H,2,7-8H2,1H3. The molecular weight excluding hydrogens is 432 g/mol. The second-order valence-electron chi connectivity index (χ2n) is 7.24. The zero-order valence-electron chi connectivity index (χ0n) is 15.9. The van der Waals surface area contributed by atoms with Gasteiger partial charge in [0.2, 0.25) is 5.82 Å². The van der Waals surface area contributed by atoms with Gasteiger partial charge >= 0.3 is 12.3 Å². The minimum absolute atomic E-state index is 0.000349. The lowest BCUT2D eigenvalue weighted by Gasteiger charge is -2.15. The first-order chi connectivity index (χ1) is 14.5. The molecule has 0 spiro atoms. The number of nitrogens with zero attached hydrogens (tertiary/aromatic N) is 5. The molecule has 2 unspecified atom stereocenters. The number of alkyl halides is 5. The van der Waals surface area contributed by atoms with Gasteiger partial charge in [-0.25, -0.2) is 9.37 Å². The van der Waals surface area contributed by atoms with Crippen LogP contribution in [0.5, 0.6) is 5.88 Å². The number of ether oxygens (including phenoxy) is 2. The fourth-order valence-corrected chi connectivity index (χ4v) is 2.88. The Hall–Kier alpha value is -2.96. The number of aromatic nitrogens is 5. The molecule has 3 aromatic heterocycles. The summed E-state index contributed by atoms with van der Waals surface area (Å²) in [6.07, 6.45) is -4.29. The van der Waals surface area contributed by atoms with E-state index in [4.69, 9.17) is 4.74 Å². The van der Waals surface area contributed by atoms with Gasteiger partial charge in [-0.05, 0) is 24.3 Å². The van der Waals surface area contributed by atoms with E-state index in [-0.39, 0.29) is 29.4 Å². The fraction of sp³-hybridized carbons (Fsp3) is 0.444. The van der Waals surface area contributed by atoms with Crippen LogP contribution in [0.25, 0.3) is 16.9 Å².